The highest BCUT2D eigenvalue weighted by atomic mass is 16.5. The van der Waals surface area contributed by atoms with Crippen LogP contribution in [0, 0.1) is 5.92 Å². The number of carbonyl (C=O) groups is 7. The normalized spacial score (nSPS) is 26.7. The molecule has 7 amide bonds. The third kappa shape index (κ3) is 16.5. The van der Waals surface area contributed by atoms with Gasteiger partial charge in [0.2, 0.25) is 35.4 Å². The molecule has 3 aliphatic heterocycles. The first-order valence-corrected chi connectivity index (χ1v) is 29.0. The average Bonchev–Trinajstić information content (AvgIpc) is 1.95. The molecule has 0 radical (unpaired) electrons. The van der Waals surface area contributed by atoms with Crippen LogP contribution in [0.5, 0.6) is 11.5 Å². The number of hydrogen-bond donors (Lipinski definition) is 16. The molecule has 15 atom stereocenters. The highest BCUT2D eigenvalue weighted by molar-refractivity contribution is 6.00. The summed E-state index contributed by atoms with van der Waals surface area (Å²) in [6.07, 6.45) is -13.1. The van der Waals surface area contributed by atoms with Crippen molar-refractivity contribution in [1.29, 1.82) is 0 Å². The molecule has 4 aromatic rings. The maximum atomic E-state index is 14.7. The van der Waals surface area contributed by atoms with E-state index in [2.05, 4.69) is 38.8 Å². The second kappa shape index (κ2) is 30.3. The molecule has 0 spiro atoms. The fourth-order valence-corrected chi connectivity index (χ4v) is 10.8. The molecule has 3 heterocycles. The lowest BCUT2D eigenvalue weighted by atomic mass is 9.96. The van der Waals surface area contributed by atoms with E-state index in [0.717, 1.165) is 77.5 Å². The number of aliphatic hydroxyl groups excluding tert-OH is 9. The number of hydrogen-bond acceptors (Lipinski definition) is 19. The monoisotopic (exact) mass is 1210 g/mol. The van der Waals surface area contributed by atoms with Crippen molar-refractivity contribution < 1.29 is 89.4 Å². The van der Waals surface area contributed by atoms with Crippen molar-refractivity contribution in [1.82, 2.24) is 41.7 Å². The van der Waals surface area contributed by atoms with E-state index >= 15 is 0 Å². The number of carbonyl (C=O) groups excluding carboxylic acids is 7. The minimum atomic E-state index is -2.31. The molecule has 16 N–H and O–H groups in total. The first-order valence-electron chi connectivity index (χ1n) is 29.0. The Morgan fingerprint density at radius 3 is 1.72 bits per heavy atom. The van der Waals surface area contributed by atoms with Crippen molar-refractivity contribution in [3.63, 3.8) is 0 Å². The first kappa shape index (κ1) is 66.9. The molecule has 0 aliphatic carbocycles. The Morgan fingerprint density at radius 1 is 0.644 bits per heavy atom. The van der Waals surface area contributed by atoms with Crippen molar-refractivity contribution in [2.75, 3.05) is 32.9 Å². The van der Waals surface area contributed by atoms with Crippen molar-refractivity contribution in [2.45, 2.75) is 151 Å². The van der Waals surface area contributed by atoms with Gasteiger partial charge in [0.05, 0.1) is 56.4 Å². The number of amides is 7. The molecule has 0 aromatic heterocycles. The number of nitrogens with zero attached hydrogens (tertiary/aromatic N) is 2. The number of benzene rings is 4. The van der Waals surface area contributed by atoms with Crippen LogP contribution in [0.2, 0.25) is 0 Å². The van der Waals surface area contributed by atoms with Gasteiger partial charge in [-0.2, -0.15) is 0 Å². The lowest BCUT2D eigenvalue weighted by Gasteiger charge is -2.35. The van der Waals surface area contributed by atoms with Gasteiger partial charge < -0.3 is 92.2 Å². The van der Waals surface area contributed by atoms with Crippen LogP contribution >= 0.6 is 0 Å². The first-order chi connectivity index (χ1) is 41.4. The molecule has 4 aromatic carbocycles. The van der Waals surface area contributed by atoms with Crippen molar-refractivity contribution in [2.24, 2.45) is 5.92 Å². The average molecular weight is 1210 g/mol. The van der Waals surface area contributed by atoms with Gasteiger partial charge in [-0.1, -0.05) is 87.4 Å². The van der Waals surface area contributed by atoms with Gasteiger partial charge in [0.25, 0.3) is 5.91 Å². The summed E-state index contributed by atoms with van der Waals surface area (Å²) >= 11 is 0. The Kier molecular flexibility index (Phi) is 23.3. The molecule has 26 nitrogen and oxygen atoms in total. The molecule has 3 fully saturated rings. The Hall–Kier alpha value is -7.63. The summed E-state index contributed by atoms with van der Waals surface area (Å²) in [7, 11) is 0. The number of phenols is 1. The molecular weight excluding hydrogens is 1130 g/mol. The van der Waals surface area contributed by atoms with Crippen LogP contribution in [-0.4, -0.2) is 220 Å². The number of rotatable bonds is 18. The van der Waals surface area contributed by atoms with E-state index in [1.165, 1.54) is 31.2 Å². The van der Waals surface area contributed by atoms with Crippen LogP contribution < -0.4 is 36.6 Å². The van der Waals surface area contributed by atoms with Crippen LogP contribution in [0.15, 0.2) is 97.1 Å². The summed E-state index contributed by atoms with van der Waals surface area (Å²) < 4.78 is 5.85. The van der Waals surface area contributed by atoms with Crippen LogP contribution in [-0.2, 0) is 28.8 Å². The Balaban J connectivity index is 1.23. The predicted molar refractivity (Wildman–Crippen MR) is 312 cm³/mol. The SMILES string of the molecule is CCCCCOc1ccc(-c2ccc(-c3ccc(C(=O)NC4CC(O)C(NC(CO)CO)NC(=O)C5C(O)C(C)CN5C(=O)C(C(C)O)NC(=O)C(C(O)C(O)c5ccc(O)cc5)NC(=O)C5CC(O)CN5C(=O)C(C(C)O)NC4=O)cc3)cc2)cc1. The molecule has 3 saturated heterocycles. The van der Waals surface area contributed by atoms with Gasteiger partial charge in [0.1, 0.15) is 66.1 Å². The number of aromatic hydroxyl groups is 1. The highest BCUT2D eigenvalue weighted by Crippen LogP contribution is 2.30. The van der Waals surface area contributed by atoms with E-state index in [0.29, 0.717) is 12.2 Å². The summed E-state index contributed by atoms with van der Waals surface area (Å²) in [5.41, 5.74) is 3.32. The number of phenolic OH excluding ortho intramolecular Hbond substituents is 1. The van der Waals surface area contributed by atoms with Gasteiger partial charge in [-0.05, 0) is 84.5 Å². The Labute approximate surface area is 502 Å². The topological polar surface area (TPSA) is 410 Å². The van der Waals surface area contributed by atoms with Gasteiger partial charge >= 0.3 is 0 Å². The highest BCUT2D eigenvalue weighted by Gasteiger charge is 2.50. The van der Waals surface area contributed by atoms with Gasteiger partial charge in [0, 0.05) is 37.4 Å². The third-order valence-corrected chi connectivity index (χ3v) is 15.9. The quantitative estimate of drug-likeness (QED) is 0.0480. The van der Waals surface area contributed by atoms with Crippen molar-refractivity contribution in [3.8, 4) is 33.8 Å². The lowest BCUT2D eigenvalue weighted by Crippen LogP contribution is -2.65. The Bertz CT molecular complexity index is 2990. The molecular formula is C61H80N8O18. The largest absolute Gasteiger partial charge is 0.508 e. The molecule has 472 valence electrons. The van der Waals surface area contributed by atoms with Crippen LogP contribution in [0.25, 0.3) is 22.3 Å². The number of fused-ring (bicyclic) bond motifs is 2. The van der Waals surface area contributed by atoms with Crippen LogP contribution in [0.3, 0.4) is 0 Å². The summed E-state index contributed by atoms with van der Waals surface area (Å²) in [5.74, 6) is -8.69. The zero-order valence-corrected chi connectivity index (χ0v) is 48.7. The van der Waals surface area contributed by atoms with E-state index in [-0.39, 0.29) is 23.4 Å². The Morgan fingerprint density at radius 2 is 1.17 bits per heavy atom. The second-order valence-corrected chi connectivity index (χ2v) is 22.5. The molecule has 15 unspecified atom stereocenters. The lowest BCUT2D eigenvalue weighted by molar-refractivity contribution is -0.148. The fourth-order valence-electron chi connectivity index (χ4n) is 10.8. The second-order valence-electron chi connectivity index (χ2n) is 22.5. The molecule has 7 rings (SSSR count). The van der Waals surface area contributed by atoms with Gasteiger partial charge in [-0.3, -0.25) is 38.9 Å². The number of unbranched alkanes of at least 4 members (excludes halogenated alkanes) is 2. The molecule has 0 bridgehead atoms. The third-order valence-electron chi connectivity index (χ3n) is 15.9. The molecule has 0 saturated carbocycles. The van der Waals surface area contributed by atoms with Gasteiger partial charge in [0.15, 0.2) is 0 Å². The van der Waals surface area contributed by atoms with Gasteiger partial charge in [-0.25, -0.2) is 0 Å². The minimum absolute atomic E-state index is 0.000245. The summed E-state index contributed by atoms with van der Waals surface area (Å²) in [5, 5.41) is 125. The van der Waals surface area contributed by atoms with Crippen molar-refractivity contribution in [3.05, 3.63) is 108 Å². The van der Waals surface area contributed by atoms with Crippen LogP contribution in [0.1, 0.15) is 81.8 Å². The summed E-state index contributed by atoms with van der Waals surface area (Å²) in [6, 6.07) is 13.3. The van der Waals surface area contributed by atoms with Gasteiger partial charge in [-0.15, -0.1) is 0 Å². The maximum Gasteiger partial charge on any atom is 0.251 e. The predicted octanol–water partition coefficient (Wildman–Crippen LogP) is -1.98. The number of nitrogens with one attached hydrogen (secondary N) is 6. The van der Waals surface area contributed by atoms with E-state index in [9.17, 15) is 84.6 Å². The minimum Gasteiger partial charge on any atom is -0.508 e. The molecule has 87 heavy (non-hydrogen) atoms. The standard InChI is InChI=1S/C61H80N8O18/c1-5-6-7-24-87-43-22-18-37(19-23-43)35-10-8-34(9-11-35)36-12-14-39(15-13-36)55(80)63-44-26-46(76)54(62-40(29-70)30-71)67-59(84)50-51(77)31(2)27-69(50)61(86)48(33(4)73)65-58(83)49(53(79)52(78)38-16-20-41(74)21-17-38)66-57(82)45-25-42(75)28-68(45)60(85)47(32(3)72)64-56(44)81/h8-23,31-33,40,42,44-54,62,70-79H,5-7,24-30H2,1-4H3,(H,63,80)(H,64,81)(H,65,83)(H,66,82)(H,67,84). The number of aliphatic hydroxyl groups is 9. The number of ether oxygens (including phenoxy) is 1. The van der Waals surface area contributed by atoms with E-state index in [4.69, 9.17) is 4.74 Å². The maximum absolute atomic E-state index is 14.7. The smallest absolute Gasteiger partial charge is 0.251 e. The van der Waals surface area contributed by atoms with E-state index < -0.39 is 171 Å². The summed E-state index contributed by atoms with van der Waals surface area (Å²) in [4.78, 5) is 103. The van der Waals surface area contributed by atoms with Crippen LogP contribution in [0.4, 0.5) is 0 Å². The zero-order valence-electron chi connectivity index (χ0n) is 48.7. The van der Waals surface area contributed by atoms with E-state index in [1.54, 1.807) is 12.1 Å². The fraction of sp³-hybridized carbons (Fsp3) is 0.492. The molecule has 3 aliphatic rings. The van der Waals surface area contributed by atoms with E-state index in [1.807, 2.05) is 48.5 Å². The molecule has 26 heteroatoms. The summed E-state index contributed by atoms with van der Waals surface area (Å²) in [6.45, 7) is 3.83. The zero-order chi connectivity index (χ0) is 63.4. The van der Waals surface area contributed by atoms with Crippen molar-refractivity contribution >= 4 is 41.4 Å².